The highest BCUT2D eigenvalue weighted by molar-refractivity contribution is 6.24. The van der Waals surface area contributed by atoms with Crippen LogP contribution in [0.15, 0.2) is 42.7 Å². The molecule has 3 aromatic rings. The molecule has 164 valence electrons. The molecule has 4 aliphatic rings. The molecule has 32 heavy (non-hydrogen) atoms. The van der Waals surface area contributed by atoms with Gasteiger partial charge in [-0.2, -0.15) is 5.10 Å². The van der Waals surface area contributed by atoms with Gasteiger partial charge < -0.3 is 5.32 Å². The minimum atomic E-state index is 0.00652. The number of rotatable bonds is 4. The summed E-state index contributed by atoms with van der Waals surface area (Å²) in [6.07, 6.45) is 14.9. The first-order valence-corrected chi connectivity index (χ1v) is 12.3. The Labute approximate surface area is 188 Å². The van der Waals surface area contributed by atoms with Crippen LogP contribution in [-0.4, -0.2) is 39.7 Å². The highest BCUT2D eigenvalue weighted by Gasteiger charge is 2.52. The Balaban J connectivity index is 1.06. The van der Waals surface area contributed by atoms with Gasteiger partial charge in [0.2, 0.25) is 0 Å². The predicted molar refractivity (Wildman–Crippen MR) is 126 cm³/mol. The van der Waals surface area contributed by atoms with Crippen LogP contribution in [0, 0.1) is 5.41 Å². The van der Waals surface area contributed by atoms with Crippen molar-refractivity contribution in [2.75, 3.05) is 18.4 Å². The molecule has 5 heteroatoms. The van der Waals surface area contributed by atoms with Crippen LogP contribution < -0.4 is 5.32 Å². The average Bonchev–Trinajstić information content (AvgIpc) is 3.35. The second-order valence-corrected chi connectivity index (χ2v) is 10.5. The largest absolute Gasteiger partial charge is 0.321 e. The molecular weight excluding hydrogens is 396 g/mol. The lowest BCUT2D eigenvalue weighted by atomic mass is 9.52. The van der Waals surface area contributed by atoms with Crippen LogP contribution in [0.3, 0.4) is 0 Å². The molecular formula is C27H30N4O. The number of benzene rings is 2. The van der Waals surface area contributed by atoms with Gasteiger partial charge in [0.05, 0.1) is 12.2 Å². The standard InChI is InChI=1S/C27H30N4O/c32-26-22-4-1-3-21-19(5-6-23(29-26)25(21)22)15-18-16-28-31(17-18)20-8-13-30(14-9-20)24-7-12-27(24)10-2-11-27/h1,3-6,16-17,20,24H,2,7-15H2,(H,29,32)/t24-/m0/s1. The molecule has 3 heterocycles. The normalized spacial score (nSPS) is 24.5. The van der Waals surface area contributed by atoms with E-state index in [4.69, 9.17) is 5.10 Å². The molecule has 0 radical (unpaired) electrons. The maximum Gasteiger partial charge on any atom is 0.256 e. The fraction of sp³-hybridized carbons (Fsp3) is 0.481. The molecule has 5 nitrogen and oxygen atoms in total. The topological polar surface area (TPSA) is 50.2 Å². The van der Waals surface area contributed by atoms with Crippen molar-refractivity contribution in [1.82, 2.24) is 14.7 Å². The number of piperidine rings is 1. The molecule has 2 aliphatic carbocycles. The van der Waals surface area contributed by atoms with Crippen molar-refractivity contribution >= 4 is 22.4 Å². The first-order chi connectivity index (χ1) is 15.7. The molecule has 2 aliphatic heterocycles. The van der Waals surface area contributed by atoms with Gasteiger partial charge >= 0.3 is 0 Å². The van der Waals surface area contributed by atoms with E-state index in [1.807, 2.05) is 24.4 Å². The van der Waals surface area contributed by atoms with Crippen molar-refractivity contribution < 1.29 is 4.79 Å². The zero-order valence-corrected chi connectivity index (χ0v) is 18.5. The van der Waals surface area contributed by atoms with E-state index in [1.54, 1.807) is 0 Å². The van der Waals surface area contributed by atoms with E-state index in [2.05, 4.69) is 33.2 Å². The minimum absolute atomic E-state index is 0.00652. The molecule has 1 atom stereocenters. The lowest BCUT2D eigenvalue weighted by Crippen LogP contribution is -2.59. The number of aromatic nitrogens is 2. The Morgan fingerprint density at radius 3 is 2.69 bits per heavy atom. The molecule has 1 saturated heterocycles. The zero-order valence-electron chi connectivity index (χ0n) is 18.5. The molecule has 7 rings (SSSR count). The van der Waals surface area contributed by atoms with E-state index in [9.17, 15) is 4.79 Å². The minimum Gasteiger partial charge on any atom is -0.321 e. The van der Waals surface area contributed by atoms with Crippen molar-refractivity contribution in [3.63, 3.8) is 0 Å². The van der Waals surface area contributed by atoms with Gasteiger partial charge in [-0.15, -0.1) is 0 Å². The molecule has 1 spiro atoms. The maximum absolute atomic E-state index is 12.2. The monoisotopic (exact) mass is 426 g/mol. The third-order valence-corrected chi connectivity index (χ3v) is 8.96. The van der Waals surface area contributed by atoms with Gasteiger partial charge in [-0.25, -0.2) is 0 Å². The fourth-order valence-electron chi connectivity index (χ4n) is 6.92. The molecule has 1 aromatic heterocycles. The number of carbonyl (C=O) groups is 1. The van der Waals surface area contributed by atoms with Crippen molar-refractivity contribution in [1.29, 1.82) is 0 Å². The van der Waals surface area contributed by atoms with Gasteiger partial charge in [-0.05, 0) is 72.6 Å². The second kappa shape index (κ2) is 6.92. The van der Waals surface area contributed by atoms with E-state index in [-0.39, 0.29) is 5.91 Å². The van der Waals surface area contributed by atoms with Crippen molar-refractivity contribution in [2.45, 2.75) is 63.5 Å². The number of hydrogen-bond donors (Lipinski definition) is 1. The van der Waals surface area contributed by atoms with Crippen molar-refractivity contribution in [3.8, 4) is 0 Å². The summed E-state index contributed by atoms with van der Waals surface area (Å²) in [4.78, 5) is 15.0. The van der Waals surface area contributed by atoms with Crippen LogP contribution in [0.1, 0.15) is 72.5 Å². The predicted octanol–water partition coefficient (Wildman–Crippen LogP) is 5.16. The summed E-state index contributed by atoms with van der Waals surface area (Å²) < 4.78 is 2.22. The smallest absolute Gasteiger partial charge is 0.256 e. The second-order valence-electron chi connectivity index (χ2n) is 10.5. The summed E-state index contributed by atoms with van der Waals surface area (Å²) in [7, 11) is 0. The number of anilines is 1. The molecule has 0 unspecified atom stereocenters. The third-order valence-electron chi connectivity index (χ3n) is 8.96. The first kappa shape index (κ1) is 18.9. The Kier molecular flexibility index (Phi) is 4.08. The van der Waals surface area contributed by atoms with E-state index >= 15 is 0 Å². The lowest BCUT2D eigenvalue weighted by Gasteiger charge is -2.60. The number of nitrogens with one attached hydrogen (secondary N) is 1. The summed E-state index contributed by atoms with van der Waals surface area (Å²) in [6.45, 7) is 2.45. The average molecular weight is 427 g/mol. The first-order valence-electron chi connectivity index (χ1n) is 12.3. The molecule has 2 aromatic carbocycles. The van der Waals surface area contributed by atoms with Crippen LogP contribution in [0.4, 0.5) is 5.69 Å². The molecule has 0 bridgehead atoms. The third kappa shape index (κ3) is 2.73. The molecule has 1 N–H and O–H groups in total. The van der Waals surface area contributed by atoms with Gasteiger partial charge in [-0.3, -0.25) is 14.4 Å². The van der Waals surface area contributed by atoms with E-state index in [0.29, 0.717) is 11.5 Å². The zero-order chi connectivity index (χ0) is 21.3. The van der Waals surface area contributed by atoms with Crippen LogP contribution in [0.25, 0.3) is 10.8 Å². The quantitative estimate of drug-likeness (QED) is 0.627. The highest BCUT2D eigenvalue weighted by atomic mass is 16.1. The molecule has 1 amide bonds. The summed E-state index contributed by atoms with van der Waals surface area (Å²) >= 11 is 0. The summed E-state index contributed by atoms with van der Waals surface area (Å²) in [5.74, 6) is 0.00652. The Morgan fingerprint density at radius 1 is 1.06 bits per heavy atom. The number of carbonyl (C=O) groups excluding carboxylic acids is 1. The van der Waals surface area contributed by atoms with Crippen molar-refractivity contribution in [2.24, 2.45) is 5.41 Å². The Bertz CT molecular complexity index is 1210. The van der Waals surface area contributed by atoms with E-state index in [1.165, 1.54) is 74.5 Å². The fourth-order valence-corrected chi connectivity index (χ4v) is 6.92. The van der Waals surface area contributed by atoms with Crippen molar-refractivity contribution in [3.05, 3.63) is 59.4 Å². The molecule has 2 saturated carbocycles. The highest BCUT2D eigenvalue weighted by Crippen LogP contribution is 2.58. The van der Waals surface area contributed by atoms with Gasteiger partial charge in [0.15, 0.2) is 0 Å². The number of amides is 1. The van der Waals surface area contributed by atoms with Gasteiger partial charge in [-0.1, -0.05) is 24.6 Å². The summed E-state index contributed by atoms with van der Waals surface area (Å²) in [5, 5.41) is 9.99. The number of likely N-dealkylation sites (tertiary alicyclic amines) is 1. The van der Waals surface area contributed by atoms with Gasteiger partial charge in [0, 0.05) is 48.4 Å². The lowest BCUT2D eigenvalue weighted by molar-refractivity contribution is -0.0915. The van der Waals surface area contributed by atoms with Crippen LogP contribution in [0.2, 0.25) is 0 Å². The van der Waals surface area contributed by atoms with Gasteiger partial charge in [0.1, 0.15) is 0 Å². The van der Waals surface area contributed by atoms with E-state index in [0.717, 1.165) is 29.1 Å². The summed E-state index contributed by atoms with van der Waals surface area (Å²) in [6, 6.07) is 11.6. The number of hydrogen-bond acceptors (Lipinski definition) is 3. The number of nitrogens with zero attached hydrogens (tertiary/aromatic N) is 3. The SMILES string of the molecule is O=C1Nc2ccc(Cc3cnn(C4CCN([C@H]5CCC56CCC6)CC4)c3)c3cccc1c23. The summed E-state index contributed by atoms with van der Waals surface area (Å²) in [5.41, 5.74) is 4.94. The maximum atomic E-state index is 12.2. The molecule has 3 fully saturated rings. The van der Waals surface area contributed by atoms with Crippen LogP contribution in [-0.2, 0) is 6.42 Å². The Hall–Kier alpha value is -2.66. The van der Waals surface area contributed by atoms with Crippen LogP contribution >= 0.6 is 0 Å². The Morgan fingerprint density at radius 2 is 1.94 bits per heavy atom. The van der Waals surface area contributed by atoms with Crippen LogP contribution in [0.5, 0.6) is 0 Å². The van der Waals surface area contributed by atoms with E-state index < -0.39 is 0 Å². The van der Waals surface area contributed by atoms with Gasteiger partial charge in [0.25, 0.3) is 5.91 Å².